The number of anilines is 1. The van der Waals surface area contributed by atoms with E-state index >= 15 is 0 Å². The van der Waals surface area contributed by atoms with Gasteiger partial charge in [-0.25, -0.2) is 9.78 Å². The highest BCUT2D eigenvalue weighted by molar-refractivity contribution is 5.68. The van der Waals surface area contributed by atoms with E-state index in [0.717, 1.165) is 43.6 Å². The van der Waals surface area contributed by atoms with E-state index in [-0.39, 0.29) is 6.09 Å². The van der Waals surface area contributed by atoms with Crippen LogP contribution in [0.5, 0.6) is 5.88 Å². The molecular weight excluding hydrogens is 306 g/mol. The Hall–Kier alpha value is -1.98. The summed E-state index contributed by atoms with van der Waals surface area (Å²) in [6.45, 7) is 7.22. The summed E-state index contributed by atoms with van der Waals surface area (Å²) in [5.41, 5.74) is 1.78. The number of aromatic nitrogens is 1. The van der Waals surface area contributed by atoms with Gasteiger partial charge in [0.05, 0.1) is 7.11 Å². The maximum absolute atomic E-state index is 12.3. The minimum Gasteiger partial charge on any atom is -0.481 e. The Bertz CT molecular complexity index is 612. The summed E-state index contributed by atoms with van der Waals surface area (Å²) in [5.74, 6) is 1.10. The van der Waals surface area contributed by atoms with Gasteiger partial charge in [-0.05, 0) is 45.6 Å². The summed E-state index contributed by atoms with van der Waals surface area (Å²) < 4.78 is 10.9. The lowest BCUT2D eigenvalue weighted by Gasteiger charge is -2.36. The normalized spacial score (nSPS) is 23.4. The molecule has 1 amide bonds. The van der Waals surface area contributed by atoms with Crippen LogP contribution in [-0.2, 0) is 11.2 Å². The molecule has 0 bridgehead atoms. The van der Waals surface area contributed by atoms with Crippen LogP contribution in [0.25, 0.3) is 0 Å². The van der Waals surface area contributed by atoms with Gasteiger partial charge in [-0.2, -0.15) is 0 Å². The molecule has 6 nitrogen and oxygen atoms in total. The van der Waals surface area contributed by atoms with Crippen LogP contribution in [-0.4, -0.2) is 47.8 Å². The van der Waals surface area contributed by atoms with Gasteiger partial charge in [0.25, 0.3) is 0 Å². The van der Waals surface area contributed by atoms with Gasteiger partial charge < -0.3 is 19.7 Å². The first-order valence-electron chi connectivity index (χ1n) is 8.63. The van der Waals surface area contributed by atoms with Gasteiger partial charge in [0.2, 0.25) is 5.88 Å². The molecule has 1 unspecified atom stereocenters. The molecule has 1 fully saturated rings. The number of carbonyl (C=O) groups is 1. The summed E-state index contributed by atoms with van der Waals surface area (Å²) in [5, 5.41) is 3.59. The number of fused-ring (bicyclic) bond motifs is 1. The lowest BCUT2D eigenvalue weighted by molar-refractivity contribution is 0.0157. The van der Waals surface area contributed by atoms with E-state index in [9.17, 15) is 4.79 Å². The molecule has 1 saturated heterocycles. The van der Waals surface area contributed by atoms with Crippen LogP contribution in [0.3, 0.4) is 0 Å². The van der Waals surface area contributed by atoms with E-state index in [4.69, 9.17) is 9.47 Å². The van der Waals surface area contributed by atoms with Crippen molar-refractivity contribution in [2.45, 2.75) is 51.7 Å². The second kappa shape index (κ2) is 6.49. The van der Waals surface area contributed by atoms with Gasteiger partial charge in [-0.15, -0.1) is 0 Å². The lowest BCUT2D eigenvalue weighted by Crippen LogP contribution is -2.46. The average molecular weight is 333 g/mol. The monoisotopic (exact) mass is 333 g/mol. The number of nitrogens with one attached hydrogen (secondary N) is 1. The molecule has 6 heteroatoms. The topological polar surface area (TPSA) is 63.7 Å². The zero-order chi connectivity index (χ0) is 17.3. The average Bonchev–Trinajstić information content (AvgIpc) is 2.97. The largest absolute Gasteiger partial charge is 0.481 e. The second-order valence-electron chi connectivity index (χ2n) is 7.63. The second-order valence-corrected chi connectivity index (χ2v) is 7.63. The fourth-order valence-electron chi connectivity index (χ4n) is 3.57. The Kier molecular flexibility index (Phi) is 4.56. The van der Waals surface area contributed by atoms with Crippen LogP contribution in [0.4, 0.5) is 10.5 Å². The van der Waals surface area contributed by atoms with Crippen molar-refractivity contribution in [2.24, 2.45) is 5.92 Å². The molecule has 132 valence electrons. The van der Waals surface area contributed by atoms with Gasteiger partial charge in [-0.3, -0.25) is 0 Å². The number of hydrogen-bond acceptors (Lipinski definition) is 5. The molecule has 3 rings (SSSR count). The molecule has 0 aromatic carbocycles. The number of hydrogen-bond donors (Lipinski definition) is 1. The molecule has 1 aromatic heterocycles. The summed E-state index contributed by atoms with van der Waals surface area (Å²) in [4.78, 5) is 18.5. The highest BCUT2D eigenvalue weighted by Crippen LogP contribution is 2.36. The smallest absolute Gasteiger partial charge is 0.410 e. The Labute approximate surface area is 143 Å². The number of carbonyl (C=O) groups excluding carboxylic acids is 1. The van der Waals surface area contributed by atoms with Crippen molar-refractivity contribution >= 4 is 11.8 Å². The van der Waals surface area contributed by atoms with Crippen LogP contribution in [0, 0.1) is 5.92 Å². The number of pyridine rings is 1. The zero-order valence-corrected chi connectivity index (χ0v) is 15.0. The van der Waals surface area contributed by atoms with Crippen molar-refractivity contribution in [3.63, 3.8) is 0 Å². The third-order valence-electron chi connectivity index (χ3n) is 4.65. The number of likely N-dealkylation sites (tertiary alicyclic amines) is 1. The molecule has 2 aliphatic rings. The number of nitrogens with zero attached hydrogens (tertiary/aromatic N) is 2. The van der Waals surface area contributed by atoms with Gasteiger partial charge in [0.1, 0.15) is 5.60 Å². The fraction of sp³-hybridized carbons (Fsp3) is 0.667. The van der Waals surface area contributed by atoms with E-state index in [1.54, 1.807) is 13.3 Å². The molecule has 1 aromatic rings. The van der Waals surface area contributed by atoms with Crippen LogP contribution in [0.2, 0.25) is 0 Å². The first-order valence-corrected chi connectivity index (χ1v) is 8.63. The minimum absolute atomic E-state index is 0.207. The maximum Gasteiger partial charge on any atom is 0.410 e. The summed E-state index contributed by atoms with van der Waals surface area (Å²) in [6.07, 6.45) is 4.57. The number of piperidine rings is 1. The molecule has 0 radical (unpaired) electrons. The Morgan fingerprint density at radius 2 is 2.21 bits per heavy atom. The third-order valence-corrected chi connectivity index (χ3v) is 4.65. The molecule has 3 heterocycles. The highest BCUT2D eigenvalue weighted by atomic mass is 16.6. The van der Waals surface area contributed by atoms with Crippen LogP contribution in [0.15, 0.2) is 12.3 Å². The van der Waals surface area contributed by atoms with Crippen molar-refractivity contribution in [1.82, 2.24) is 9.88 Å². The molecule has 1 N–H and O–H groups in total. The molecule has 24 heavy (non-hydrogen) atoms. The standard InChI is InChI=1S/C18H27N3O3/c1-18(2,3)24-17(22)21-9-5-6-12(11-21)15-10-13-14(20-15)7-8-19-16(13)23-4/h7-8,12,15,20H,5-6,9-11H2,1-4H3/t12-,15?/m1/s1. The number of rotatable bonds is 2. The van der Waals surface area contributed by atoms with E-state index < -0.39 is 5.60 Å². The summed E-state index contributed by atoms with van der Waals surface area (Å²) in [7, 11) is 1.65. The quantitative estimate of drug-likeness (QED) is 0.901. The third kappa shape index (κ3) is 3.57. The van der Waals surface area contributed by atoms with Gasteiger partial charge in [-0.1, -0.05) is 0 Å². The summed E-state index contributed by atoms with van der Waals surface area (Å²) in [6, 6.07) is 2.30. The predicted molar refractivity (Wildman–Crippen MR) is 92.4 cm³/mol. The zero-order valence-electron chi connectivity index (χ0n) is 15.0. The molecule has 0 saturated carbocycles. The van der Waals surface area contributed by atoms with Gasteiger partial charge in [0.15, 0.2) is 0 Å². The first kappa shape index (κ1) is 16.9. The van der Waals surface area contributed by atoms with Crippen molar-refractivity contribution < 1.29 is 14.3 Å². The number of amides is 1. The molecular formula is C18H27N3O3. The first-order chi connectivity index (χ1) is 11.4. The lowest BCUT2D eigenvalue weighted by atomic mass is 9.89. The van der Waals surface area contributed by atoms with Crippen molar-refractivity contribution in [2.75, 3.05) is 25.5 Å². The highest BCUT2D eigenvalue weighted by Gasteiger charge is 2.35. The Morgan fingerprint density at radius 3 is 2.92 bits per heavy atom. The molecule has 2 atom stereocenters. The van der Waals surface area contributed by atoms with Crippen LogP contribution < -0.4 is 10.1 Å². The molecule has 0 aliphatic carbocycles. The number of ether oxygens (including phenoxy) is 2. The van der Waals surface area contributed by atoms with Crippen molar-refractivity contribution in [1.29, 1.82) is 0 Å². The molecule has 0 spiro atoms. The van der Waals surface area contributed by atoms with Crippen LogP contribution in [0.1, 0.15) is 39.2 Å². The van der Waals surface area contributed by atoms with Gasteiger partial charge >= 0.3 is 6.09 Å². The van der Waals surface area contributed by atoms with Crippen molar-refractivity contribution in [3.8, 4) is 5.88 Å². The number of methoxy groups -OCH3 is 1. The minimum atomic E-state index is -0.453. The maximum atomic E-state index is 12.3. The fourth-order valence-corrected chi connectivity index (χ4v) is 3.57. The summed E-state index contributed by atoms with van der Waals surface area (Å²) >= 11 is 0. The predicted octanol–water partition coefficient (Wildman–Crippen LogP) is 3.07. The van der Waals surface area contributed by atoms with E-state index in [0.29, 0.717) is 17.8 Å². The molecule has 2 aliphatic heterocycles. The van der Waals surface area contributed by atoms with Crippen LogP contribution >= 0.6 is 0 Å². The van der Waals surface area contributed by atoms with Crippen molar-refractivity contribution in [3.05, 3.63) is 17.8 Å². The van der Waals surface area contributed by atoms with E-state index in [1.807, 2.05) is 31.7 Å². The van der Waals surface area contributed by atoms with E-state index in [2.05, 4.69) is 10.3 Å². The van der Waals surface area contributed by atoms with E-state index in [1.165, 1.54) is 0 Å². The van der Waals surface area contributed by atoms with Gasteiger partial charge in [0, 0.05) is 43.0 Å². The Balaban J connectivity index is 1.65. The SMILES string of the molecule is COc1nccc2c1CC([C@@H]1CCCN(C(=O)OC(C)(C)C)C1)N2. The Morgan fingerprint density at radius 1 is 1.42 bits per heavy atom.